The Bertz CT molecular complexity index is 684. The van der Waals surface area contributed by atoms with Gasteiger partial charge in [-0.2, -0.15) is 0 Å². The van der Waals surface area contributed by atoms with Crippen LogP contribution in [0.15, 0.2) is 36.0 Å². The minimum Gasteiger partial charge on any atom is -0.382 e. The molecule has 0 aliphatic carbocycles. The summed E-state index contributed by atoms with van der Waals surface area (Å²) < 4.78 is 5.36. The molecule has 140 valence electrons. The van der Waals surface area contributed by atoms with Crippen LogP contribution in [0.5, 0.6) is 0 Å². The SMILES string of the molecule is CCOCCCN1C(=O)C(c2ccccc2)=C(N2CCCC(C)C2)C1=O. The number of carbonyl (C=O) groups excluding carboxylic acids is 2. The van der Waals surface area contributed by atoms with E-state index in [9.17, 15) is 9.59 Å². The Morgan fingerprint density at radius 3 is 2.62 bits per heavy atom. The van der Waals surface area contributed by atoms with Gasteiger partial charge in [-0.15, -0.1) is 0 Å². The molecule has 26 heavy (non-hydrogen) atoms. The van der Waals surface area contributed by atoms with E-state index in [0.29, 0.717) is 43.4 Å². The molecule has 0 spiro atoms. The molecule has 0 saturated carbocycles. The second-order valence-electron chi connectivity index (χ2n) is 7.10. The first-order chi connectivity index (χ1) is 12.6. The van der Waals surface area contributed by atoms with E-state index in [1.807, 2.05) is 37.3 Å². The van der Waals surface area contributed by atoms with Gasteiger partial charge in [-0.3, -0.25) is 14.5 Å². The summed E-state index contributed by atoms with van der Waals surface area (Å²) in [7, 11) is 0. The number of likely N-dealkylation sites (tertiary alicyclic amines) is 1. The zero-order chi connectivity index (χ0) is 18.5. The lowest BCUT2D eigenvalue weighted by Gasteiger charge is -2.33. The van der Waals surface area contributed by atoms with Crippen molar-refractivity contribution in [1.82, 2.24) is 9.80 Å². The van der Waals surface area contributed by atoms with Gasteiger partial charge in [-0.1, -0.05) is 37.3 Å². The lowest BCUT2D eigenvalue weighted by Crippen LogP contribution is -2.39. The van der Waals surface area contributed by atoms with Crippen LogP contribution in [0, 0.1) is 5.92 Å². The third-order valence-electron chi connectivity index (χ3n) is 5.05. The fourth-order valence-electron chi connectivity index (χ4n) is 3.79. The molecule has 0 radical (unpaired) electrons. The molecular formula is C21H28N2O3. The number of rotatable bonds is 7. The fraction of sp³-hybridized carbons (Fsp3) is 0.524. The number of hydrogen-bond acceptors (Lipinski definition) is 4. The summed E-state index contributed by atoms with van der Waals surface area (Å²) in [6, 6.07) is 9.57. The van der Waals surface area contributed by atoms with Gasteiger partial charge in [0.2, 0.25) is 0 Å². The van der Waals surface area contributed by atoms with Gasteiger partial charge in [0.25, 0.3) is 11.8 Å². The van der Waals surface area contributed by atoms with Gasteiger partial charge in [0.1, 0.15) is 5.70 Å². The van der Waals surface area contributed by atoms with Gasteiger partial charge in [0, 0.05) is 32.8 Å². The first-order valence-electron chi connectivity index (χ1n) is 9.62. The topological polar surface area (TPSA) is 49.9 Å². The van der Waals surface area contributed by atoms with Crippen molar-refractivity contribution in [2.75, 3.05) is 32.8 Å². The van der Waals surface area contributed by atoms with E-state index >= 15 is 0 Å². The Balaban J connectivity index is 1.90. The molecule has 1 saturated heterocycles. The van der Waals surface area contributed by atoms with Gasteiger partial charge in [-0.25, -0.2) is 0 Å². The molecule has 2 aliphatic heterocycles. The molecule has 2 aliphatic rings. The zero-order valence-corrected chi connectivity index (χ0v) is 15.7. The van der Waals surface area contributed by atoms with Crippen molar-refractivity contribution >= 4 is 17.4 Å². The van der Waals surface area contributed by atoms with E-state index < -0.39 is 0 Å². The second kappa shape index (κ2) is 8.49. The van der Waals surface area contributed by atoms with Crippen molar-refractivity contribution in [1.29, 1.82) is 0 Å². The summed E-state index contributed by atoms with van der Waals surface area (Å²) >= 11 is 0. The van der Waals surface area contributed by atoms with E-state index in [4.69, 9.17) is 4.74 Å². The summed E-state index contributed by atoms with van der Waals surface area (Å²) in [5.41, 5.74) is 1.97. The van der Waals surface area contributed by atoms with E-state index in [2.05, 4.69) is 11.8 Å². The molecule has 2 amide bonds. The standard InChI is InChI=1S/C21H28N2O3/c1-3-26-14-8-13-23-20(24)18(17-10-5-4-6-11-17)19(21(23)25)22-12-7-9-16(2)15-22/h4-6,10-11,16H,3,7-9,12-15H2,1-2H3. The molecule has 1 atom stereocenters. The predicted molar refractivity (Wildman–Crippen MR) is 101 cm³/mol. The second-order valence-corrected chi connectivity index (χ2v) is 7.10. The minimum atomic E-state index is -0.175. The molecule has 1 unspecified atom stereocenters. The number of piperidine rings is 1. The Kier molecular flexibility index (Phi) is 6.09. The Labute approximate surface area is 155 Å². The normalized spacial score (nSPS) is 21.1. The third-order valence-corrected chi connectivity index (χ3v) is 5.05. The van der Waals surface area contributed by atoms with Crippen LogP contribution in [0.2, 0.25) is 0 Å². The van der Waals surface area contributed by atoms with Gasteiger partial charge in [-0.05, 0) is 37.7 Å². The highest BCUT2D eigenvalue weighted by Crippen LogP contribution is 2.33. The van der Waals surface area contributed by atoms with E-state index in [0.717, 1.165) is 25.1 Å². The van der Waals surface area contributed by atoms with Crippen molar-refractivity contribution in [3.05, 3.63) is 41.6 Å². The van der Waals surface area contributed by atoms with Crippen LogP contribution in [0.3, 0.4) is 0 Å². The van der Waals surface area contributed by atoms with Crippen molar-refractivity contribution < 1.29 is 14.3 Å². The number of hydrogen-bond donors (Lipinski definition) is 0. The lowest BCUT2D eigenvalue weighted by molar-refractivity contribution is -0.137. The molecule has 0 aromatic heterocycles. The summed E-state index contributed by atoms with van der Waals surface area (Å²) in [6.45, 7) is 7.42. The van der Waals surface area contributed by atoms with E-state index in [1.165, 1.54) is 11.3 Å². The highest BCUT2D eigenvalue weighted by atomic mass is 16.5. The Hall–Kier alpha value is -2.14. The van der Waals surface area contributed by atoms with Crippen molar-refractivity contribution in [2.45, 2.75) is 33.1 Å². The molecule has 0 bridgehead atoms. The first kappa shape index (κ1) is 18.6. The van der Waals surface area contributed by atoms with E-state index in [1.54, 1.807) is 0 Å². The molecular weight excluding hydrogens is 328 g/mol. The van der Waals surface area contributed by atoms with Gasteiger partial charge in [0.15, 0.2) is 0 Å². The minimum absolute atomic E-state index is 0.153. The van der Waals surface area contributed by atoms with Crippen LogP contribution in [0.25, 0.3) is 5.57 Å². The molecule has 5 nitrogen and oxygen atoms in total. The van der Waals surface area contributed by atoms with Crippen molar-refractivity contribution in [3.8, 4) is 0 Å². The summed E-state index contributed by atoms with van der Waals surface area (Å²) in [5.74, 6) is 0.202. The summed E-state index contributed by atoms with van der Waals surface area (Å²) in [5, 5.41) is 0. The molecule has 1 aromatic carbocycles. The van der Waals surface area contributed by atoms with Gasteiger partial charge < -0.3 is 9.64 Å². The van der Waals surface area contributed by atoms with E-state index in [-0.39, 0.29) is 11.8 Å². The maximum Gasteiger partial charge on any atom is 0.277 e. The van der Waals surface area contributed by atoms with Gasteiger partial charge >= 0.3 is 0 Å². The summed E-state index contributed by atoms with van der Waals surface area (Å²) in [4.78, 5) is 29.8. The quantitative estimate of drug-likeness (QED) is 0.557. The zero-order valence-electron chi connectivity index (χ0n) is 15.7. The largest absolute Gasteiger partial charge is 0.382 e. The maximum absolute atomic E-state index is 13.1. The predicted octanol–water partition coefficient (Wildman–Crippen LogP) is 2.93. The van der Waals surface area contributed by atoms with Crippen molar-refractivity contribution in [2.24, 2.45) is 5.92 Å². The molecule has 3 rings (SSSR count). The van der Waals surface area contributed by atoms with Crippen molar-refractivity contribution in [3.63, 3.8) is 0 Å². The highest BCUT2D eigenvalue weighted by molar-refractivity contribution is 6.35. The number of nitrogens with zero attached hydrogens (tertiary/aromatic N) is 2. The highest BCUT2D eigenvalue weighted by Gasteiger charge is 2.41. The molecule has 1 fully saturated rings. The number of carbonyl (C=O) groups is 2. The smallest absolute Gasteiger partial charge is 0.277 e. The monoisotopic (exact) mass is 356 g/mol. The number of benzene rings is 1. The van der Waals surface area contributed by atoms with Crippen LogP contribution in [0.1, 0.15) is 38.7 Å². The molecule has 5 heteroatoms. The molecule has 2 heterocycles. The van der Waals surface area contributed by atoms with Crippen LogP contribution >= 0.6 is 0 Å². The van der Waals surface area contributed by atoms with Crippen LogP contribution < -0.4 is 0 Å². The van der Waals surface area contributed by atoms with Gasteiger partial charge in [0.05, 0.1) is 5.57 Å². The van der Waals surface area contributed by atoms with Crippen LogP contribution in [0.4, 0.5) is 0 Å². The maximum atomic E-state index is 13.1. The molecule has 0 N–H and O–H groups in total. The Morgan fingerprint density at radius 1 is 1.15 bits per heavy atom. The van der Waals surface area contributed by atoms with Crippen LogP contribution in [-0.2, 0) is 14.3 Å². The number of imide groups is 1. The summed E-state index contributed by atoms with van der Waals surface area (Å²) in [6.07, 6.45) is 2.89. The Morgan fingerprint density at radius 2 is 1.92 bits per heavy atom. The van der Waals surface area contributed by atoms with Crippen LogP contribution in [-0.4, -0.2) is 54.5 Å². The molecule has 1 aromatic rings. The average Bonchev–Trinajstić information content (AvgIpc) is 2.90. The number of ether oxygens (including phenoxy) is 1. The number of amides is 2. The lowest BCUT2D eigenvalue weighted by atomic mass is 9.98. The first-order valence-corrected chi connectivity index (χ1v) is 9.62. The third kappa shape index (κ3) is 3.83. The fourth-order valence-corrected chi connectivity index (χ4v) is 3.79. The average molecular weight is 356 g/mol.